The molecule has 0 aromatic heterocycles. The first-order valence-electron chi connectivity index (χ1n) is 5.72. The van der Waals surface area contributed by atoms with Gasteiger partial charge in [-0.3, -0.25) is 0 Å². The Morgan fingerprint density at radius 3 is 2.80 bits per heavy atom. The van der Waals surface area contributed by atoms with E-state index in [9.17, 15) is 5.11 Å². The Labute approximate surface area is 97.6 Å². The van der Waals surface area contributed by atoms with E-state index in [0.29, 0.717) is 6.04 Å². The van der Waals surface area contributed by atoms with Gasteiger partial charge in [0.15, 0.2) is 0 Å². The minimum Gasteiger partial charge on any atom is -0.390 e. The third kappa shape index (κ3) is 4.72. The summed E-state index contributed by atoms with van der Waals surface area (Å²) in [5.74, 6) is 0. The number of aliphatic hydroxyl groups is 1. The summed E-state index contributed by atoms with van der Waals surface area (Å²) in [5.41, 5.74) is 0. The fourth-order valence-corrected chi connectivity index (χ4v) is 3.18. The highest BCUT2D eigenvalue weighted by Gasteiger charge is 2.26. The van der Waals surface area contributed by atoms with Crippen LogP contribution in [0.2, 0.25) is 0 Å². The van der Waals surface area contributed by atoms with Crippen molar-refractivity contribution < 1.29 is 5.11 Å². The zero-order valence-corrected chi connectivity index (χ0v) is 10.9. The van der Waals surface area contributed by atoms with Crippen LogP contribution in [0.25, 0.3) is 0 Å². The Bertz CT molecular complexity index is 178. The highest BCUT2D eigenvalue weighted by molar-refractivity contribution is 7.99. The van der Waals surface area contributed by atoms with Crippen LogP contribution in [-0.2, 0) is 0 Å². The molecule has 0 amide bonds. The number of rotatable bonds is 6. The van der Waals surface area contributed by atoms with Crippen LogP contribution >= 0.6 is 11.8 Å². The molecule has 1 aliphatic carbocycles. The van der Waals surface area contributed by atoms with Crippen molar-refractivity contribution in [3.8, 4) is 0 Å². The van der Waals surface area contributed by atoms with Gasteiger partial charge in [0.25, 0.3) is 0 Å². The molecule has 3 unspecified atom stereocenters. The van der Waals surface area contributed by atoms with Crippen LogP contribution in [0.3, 0.4) is 0 Å². The van der Waals surface area contributed by atoms with E-state index in [1.807, 2.05) is 30.8 Å². The van der Waals surface area contributed by atoms with E-state index in [-0.39, 0.29) is 6.10 Å². The second kappa shape index (κ2) is 6.74. The molecular weight excluding hydrogens is 208 g/mol. The molecule has 3 atom stereocenters. The summed E-state index contributed by atoms with van der Waals surface area (Å²) in [7, 11) is 3.98. The molecule has 0 spiro atoms. The lowest BCUT2D eigenvalue weighted by atomic mass is 10.2. The van der Waals surface area contributed by atoms with Crippen LogP contribution < -0.4 is 5.32 Å². The van der Waals surface area contributed by atoms with Crippen LogP contribution in [0.4, 0.5) is 0 Å². The average molecular weight is 232 g/mol. The minimum absolute atomic E-state index is 0.247. The Morgan fingerprint density at radius 2 is 2.20 bits per heavy atom. The van der Waals surface area contributed by atoms with E-state index in [4.69, 9.17) is 0 Å². The lowest BCUT2D eigenvalue weighted by Gasteiger charge is -2.22. The summed E-state index contributed by atoms with van der Waals surface area (Å²) in [6.07, 6.45) is 5.85. The van der Waals surface area contributed by atoms with Crippen molar-refractivity contribution in [2.75, 3.05) is 33.4 Å². The largest absolute Gasteiger partial charge is 0.390 e. The monoisotopic (exact) mass is 232 g/mol. The molecule has 0 saturated heterocycles. The van der Waals surface area contributed by atoms with Crippen molar-refractivity contribution >= 4 is 11.8 Å². The molecular formula is C11H24N2OS. The molecule has 1 saturated carbocycles. The Hall–Kier alpha value is 0.230. The van der Waals surface area contributed by atoms with E-state index in [0.717, 1.165) is 18.3 Å². The van der Waals surface area contributed by atoms with Crippen LogP contribution in [-0.4, -0.2) is 60.8 Å². The van der Waals surface area contributed by atoms with Crippen molar-refractivity contribution in [2.24, 2.45) is 0 Å². The predicted molar refractivity (Wildman–Crippen MR) is 67.5 cm³/mol. The molecule has 0 aliphatic heterocycles. The van der Waals surface area contributed by atoms with Gasteiger partial charge in [-0.25, -0.2) is 0 Å². The third-order valence-corrected chi connectivity index (χ3v) is 4.12. The maximum Gasteiger partial charge on any atom is 0.0791 e. The van der Waals surface area contributed by atoms with Gasteiger partial charge in [0.1, 0.15) is 0 Å². The first-order chi connectivity index (χ1) is 7.13. The van der Waals surface area contributed by atoms with Gasteiger partial charge in [0.05, 0.1) is 6.10 Å². The third-order valence-electron chi connectivity index (χ3n) is 2.95. The van der Waals surface area contributed by atoms with Crippen molar-refractivity contribution in [3.05, 3.63) is 0 Å². The summed E-state index contributed by atoms with van der Waals surface area (Å²) in [6.45, 7) is 1.46. The highest BCUT2D eigenvalue weighted by atomic mass is 32.2. The zero-order chi connectivity index (χ0) is 11.3. The van der Waals surface area contributed by atoms with Crippen LogP contribution in [0.15, 0.2) is 0 Å². The van der Waals surface area contributed by atoms with Gasteiger partial charge >= 0.3 is 0 Å². The summed E-state index contributed by atoms with van der Waals surface area (Å²) in [6, 6.07) is 0.608. The Morgan fingerprint density at radius 1 is 1.47 bits per heavy atom. The predicted octanol–water partition coefficient (Wildman–Crippen LogP) is 0.783. The van der Waals surface area contributed by atoms with E-state index >= 15 is 0 Å². The number of nitrogens with zero attached hydrogens (tertiary/aromatic N) is 1. The van der Waals surface area contributed by atoms with Gasteiger partial charge in [-0.1, -0.05) is 6.42 Å². The van der Waals surface area contributed by atoms with Crippen molar-refractivity contribution in [2.45, 2.75) is 36.7 Å². The van der Waals surface area contributed by atoms with Crippen molar-refractivity contribution in [1.82, 2.24) is 10.2 Å². The summed E-state index contributed by atoms with van der Waals surface area (Å²) >= 11 is 1.95. The van der Waals surface area contributed by atoms with Gasteiger partial charge in [-0.2, -0.15) is 11.8 Å². The molecule has 0 heterocycles. The SMILES string of the molecule is CSC1CCCC1NCC(O)CN(C)C. The molecule has 1 rings (SSSR count). The van der Waals surface area contributed by atoms with Gasteiger partial charge < -0.3 is 15.3 Å². The fourth-order valence-electron chi connectivity index (χ4n) is 2.22. The first-order valence-corrected chi connectivity index (χ1v) is 7.01. The summed E-state index contributed by atoms with van der Waals surface area (Å²) in [5, 5.41) is 14.0. The van der Waals surface area contributed by atoms with Crippen LogP contribution in [0.1, 0.15) is 19.3 Å². The fraction of sp³-hybridized carbons (Fsp3) is 1.00. The van der Waals surface area contributed by atoms with E-state index in [1.165, 1.54) is 19.3 Å². The molecule has 1 fully saturated rings. The number of thioether (sulfide) groups is 1. The second-order valence-electron chi connectivity index (χ2n) is 4.64. The highest BCUT2D eigenvalue weighted by Crippen LogP contribution is 2.28. The van der Waals surface area contributed by atoms with Gasteiger partial charge in [-0.15, -0.1) is 0 Å². The Balaban J connectivity index is 2.18. The van der Waals surface area contributed by atoms with Gasteiger partial charge in [0, 0.05) is 24.4 Å². The van der Waals surface area contributed by atoms with E-state index in [2.05, 4.69) is 11.6 Å². The number of hydrogen-bond donors (Lipinski definition) is 2. The zero-order valence-electron chi connectivity index (χ0n) is 10.1. The Kier molecular flexibility index (Phi) is 5.97. The molecule has 2 N–H and O–H groups in total. The molecule has 15 heavy (non-hydrogen) atoms. The molecule has 0 bridgehead atoms. The summed E-state index contributed by atoms with van der Waals surface area (Å²) in [4.78, 5) is 2.02. The lowest BCUT2D eigenvalue weighted by Crippen LogP contribution is -2.42. The molecule has 3 nitrogen and oxygen atoms in total. The quantitative estimate of drug-likeness (QED) is 0.709. The number of likely N-dealkylation sites (N-methyl/N-ethyl adjacent to an activating group) is 1. The maximum absolute atomic E-state index is 9.73. The van der Waals surface area contributed by atoms with Gasteiger partial charge in [0.2, 0.25) is 0 Å². The molecule has 0 aromatic carbocycles. The van der Waals surface area contributed by atoms with E-state index in [1.54, 1.807) is 0 Å². The standard InChI is InChI=1S/C11H24N2OS/c1-13(2)8-9(14)7-12-10-5-4-6-11(10)15-3/h9-12,14H,4-8H2,1-3H3. The molecule has 0 aromatic rings. The first kappa shape index (κ1) is 13.3. The summed E-state index contributed by atoms with van der Waals surface area (Å²) < 4.78 is 0. The molecule has 4 heteroatoms. The van der Waals surface area contributed by atoms with Crippen LogP contribution in [0, 0.1) is 0 Å². The van der Waals surface area contributed by atoms with Gasteiger partial charge in [-0.05, 0) is 33.2 Å². The second-order valence-corrected chi connectivity index (χ2v) is 5.71. The van der Waals surface area contributed by atoms with E-state index < -0.39 is 0 Å². The maximum atomic E-state index is 9.73. The minimum atomic E-state index is -0.247. The molecule has 1 aliphatic rings. The van der Waals surface area contributed by atoms with Crippen molar-refractivity contribution in [1.29, 1.82) is 0 Å². The topological polar surface area (TPSA) is 35.5 Å². The molecule has 90 valence electrons. The average Bonchev–Trinajstić information content (AvgIpc) is 2.60. The number of aliphatic hydroxyl groups excluding tert-OH is 1. The smallest absolute Gasteiger partial charge is 0.0791 e. The normalized spacial score (nSPS) is 28.6. The molecule has 0 radical (unpaired) electrons. The number of hydrogen-bond acceptors (Lipinski definition) is 4. The lowest BCUT2D eigenvalue weighted by molar-refractivity contribution is 0.132. The van der Waals surface area contributed by atoms with Crippen LogP contribution in [0.5, 0.6) is 0 Å². The van der Waals surface area contributed by atoms with Crippen molar-refractivity contribution in [3.63, 3.8) is 0 Å². The number of nitrogens with one attached hydrogen (secondary N) is 1.